The molecule has 0 fully saturated rings. The molecule has 1 aromatic heterocycles. The first-order valence-electron chi connectivity index (χ1n) is 4.91. The molecule has 0 saturated heterocycles. The summed E-state index contributed by atoms with van der Waals surface area (Å²) in [6.45, 7) is 2.10. The number of hydrogen-bond acceptors (Lipinski definition) is 3. The first-order chi connectivity index (χ1) is 7.24. The molecule has 4 nitrogen and oxygen atoms in total. The van der Waals surface area contributed by atoms with Gasteiger partial charge >= 0.3 is 0 Å². The van der Waals surface area contributed by atoms with Crippen LogP contribution in [-0.2, 0) is 6.42 Å². The second-order valence-corrected chi connectivity index (χ2v) is 3.38. The van der Waals surface area contributed by atoms with Gasteiger partial charge in [-0.3, -0.25) is 0 Å². The molecular formula is C11H14N4. The van der Waals surface area contributed by atoms with Gasteiger partial charge in [-0.2, -0.15) is 5.10 Å². The molecule has 0 aliphatic heterocycles. The van der Waals surface area contributed by atoms with Crippen LogP contribution in [0.1, 0.15) is 12.5 Å². The van der Waals surface area contributed by atoms with Crippen molar-refractivity contribution in [3.63, 3.8) is 0 Å². The second kappa shape index (κ2) is 3.65. The van der Waals surface area contributed by atoms with Crippen LogP contribution in [0.25, 0.3) is 5.69 Å². The molecule has 4 heteroatoms. The fourth-order valence-corrected chi connectivity index (χ4v) is 1.58. The molecule has 0 amide bonds. The lowest BCUT2D eigenvalue weighted by Gasteiger charge is -2.08. The number of anilines is 2. The molecule has 1 heterocycles. The summed E-state index contributed by atoms with van der Waals surface area (Å²) >= 11 is 0. The van der Waals surface area contributed by atoms with Crippen molar-refractivity contribution >= 4 is 11.5 Å². The van der Waals surface area contributed by atoms with Crippen LogP contribution in [0.3, 0.4) is 0 Å². The Morgan fingerprint density at radius 2 is 2.00 bits per heavy atom. The number of para-hydroxylation sites is 1. The fourth-order valence-electron chi connectivity index (χ4n) is 1.58. The third-order valence-electron chi connectivity index (χ3n) is 2.44. The minimum absolute atomic E-state index is 0.496. The van der Waals surface area contributed by atoms with Crippen molar-refractivity contribution in [3.8, 4) is 5.69 Å². The molecule has 0 saturated carbocycles. The highest BCUT2D eigenvalue weighted by atomic mass is 15.3. The van der Waals surface area contributed by atoms with Crippen LogP contribution in [0, 0.1) is 0 Å². The molecule has 1 aromatic carbocycles. The number of rotatable bonds is 2. The Hall–Kier alpha value is -1.97. The van der Waals surface area contributed by atoms with E-state index in [1.807, 2.05) is 18.2 Å². The highest BCUT2D eigenvalue weighted by Gasteiger charge is 2.08. The number of aryl methyl sites for hydroxylation is 1. The van der Waals surface area contributed by atoms with Gasteiger partial charge in [-0.15, -0.1) is 0 Å². The molecule has 0 spiro atoms. The van der Waals surface area contributed by atoms with Gasteiger partial charge in [0.2, 0.25) is 0 Å². The fraction of sp³-hybridized carbons (Fsp3) is 0.182. The number of nitrogen functional groups attached to an aromatic ring is 2. The molecule has 2 aromatic rings. The van der Waals surface area contributed by atoms with Crippen molar-refractivity contribution in [2.75, 3.05) is 11.5 Å². The van der Waals surface area contributed by atoms with Gasteiger partial charge in [0.05, 0.1) is 17.6 Å². The quantitative estimate of drug-likeness (QED) is 0.777. The second-order valence-electron chi connectivity index (χ2n) is 3.38. The normalized spacial score (nSPS) is 10.5. The summed E-state index contributed by atoms with van der Waals surface area (Å²) in [5, 5.41) is 4.16. The van der Waals surface area contributed by atoms with Crippen molar-refractivity contribution in [1.29, 1.82) is 0 Å². The average Bonchev–Trinajstić information content (AvgIpc) is 2.60. The van der Waals surface area contributed by atoms with Crippen LogP contribution in [0.5, 0.6) is 0 Å². The van der Waals surface area contributed by atoms with Gasteiger partial charge < -0.3 is 11.5 Å². The lowest BCUT2D eigenvalue weighted by Crippen LogP contribution is -2.05. The maximum Gasteiger partial charge on any atom is 0.150 e. The highest BCUT2D eigenvalue weighted by Crippen LogP contribution is 2.21. The Morgan fingerprint density at radius 3 is 2.60 bits per heavy atom. The molecule has 0 unspecified atom stereocenters. The van der Waals surface area contributed by atoms with Crippen molar-refractivity contribution < 1.29 is 0 Å². The van der Waals surface area contributed by atoms with Gasteiger partial charge in [0.1, 0.15) is 5.82 Å². The predicted molar refractivity (Wildman–Crippen MR) is 61.8 cm³/mol. The number of aromatic nitrogens is 2. The standard InChI is InChI=1S/C11H14N4/c1-2-8-5-3-4-6-10(8)15-11(13)9(12)7-14-15/h3-7H,2,12-13H2,1H3. The summed E-state index contributed by atoms with van der Waals surface area (Å²) in [4.78, 5) is 0. The lowest BCUT2D eigenvalue weighted by atomic mass is 10.1. The van der Waals surface area contributed by atoms with Gasteiger partial charge in [0, 0.05) is 0 Å². The van der Waals surface area contributed by atoms with Crippen molar-refractivity contribution in [2.45, 2.75) is 13.3 Å². The van der Waals surface area contributed by atoms with Crippen LogP contribution in [0.15, 0.2) is 30.5 Å². The molecule has 0 bridgehead atoms. The summed E-state index contributed by atoms with van der Waals surface area (Å²) in [6, 6.07) is 8.02. The van der Waals surface area contributed by atoms with Crippen LogP contribution in [0.4, 0.5) is 11.5 Å². The average molecular weight is 202 g/mol. The van der Waals surface area contributed by atoms with E-state index >= 15 is 0 Å². The van der Waals surface area contributed by atoms with E-state index in [-0.39, 0.29) is 0 Å². The first kappa shape index (κ1) is 9.58. The van der Waals surface area contributed by atoms with Crippen LogP contribution >= 0.6 is 0 Å². The number of nitrogens with zero attached hydrogens (tertiary/aromatic N) is 2. The van der Waals surface area contributed by atoms with E-state index in [0.29, 0.717) is 11.5 Å². The molecule has 78 valence electrons. The van der Waals surface area contributed by atoms with E-state index in [2.05, 4.69) is 18.1 Å². The van der Waals surface area contributed by atoms with Crippen LogP contribution in [0.2, 0.25) is 0 Å². The Morgan fingerprint density at radius 1 is 1.27 bits per heavy atom. The summed E-state index contributed by atoms with van der Waals surface area (Å²) in [5.74, 6) is 0.496. The molecule has 0 aliphatic carbocycles. The summed E-state index contributed by atoms with van der Waals surface area (Å²) in [6.07, 6.45) is 2.51. The summed E-state index contributed by atoms with van der Waals surface area (Å²) in [5.41, 5.74) is 14.2. The highest BCUT2D eigenvalue weighted by molar-refractivity contribution is 5.61. The van der Waals surface area contributed by atoms with Gasteiger partial charge in [-0.05, 0) is 18.1 Å². The van der Waals surface area contributed by atoms with Gasteiger partial charge in [0.25, 0.3) is 0 Å². The minimum atomic E-state index is 0.496. The number of hydrogen-bond donors (Lipinski definition) is 2. The van der Waals surface area contributed by atoms with Gasteiger partial charge in [0.15, 0.2) is 0 Å². The monoisotopic (exact) mass is 202 g/mol. The van der Waals surface area contributed by atoms with Gasteiger partial charge in [-0.1, -0.05) is 25.1 Å². The molecule has 0 radical (unpaired) electrons. The number of benzene rings is 1. The SMILES string of the molecule is CCc1ccccc1-n1ncc(N)c1N. The largest absolute Gasteiger partial charge is 0.394 e. The van der Waals surface area contributed by atoms with E-state index in [1.54, 1.807) is 10.9 Å². The molecule has 15 heavy (non-hydrogen) atoms. The van der Waals surface area contributed by atoms with E-state index < -0.39 is 0 Å². The molecular weight excluding hydrogens is 188 g/mol. The zero-order valence-electron chi connectivity index (χ0n) is 8.64. The molecule has 0 atom stereocenters. The zero-order chi connectivity index (χ0) is 10.8. The number of nitrogens with two attached hydrogens (primary N) is 2. The van der Waals surface area contributed by atoms with Crippen LogP contribution < -0.4 is 11.5 Å². The predicted octanol–water partition coefficient (Wildman–Crippen LogP) is 1.60. The van der Waals surface area contributed by atoms with Crippen LogP contribution in [-0.4, -0.2) is 9.78 Å². The molecule has 4 N–H and O–H groups in total. The van der Waals surface area contributed by atoms with E-state index in [0.717, 1.165) is 12.1 Å². The topological polar surface area (TPSA) is 69.9 Å². The van der Waals surface area contributed by atoms with Crippen molar-refractivity contribution in [3.05, 3.63) is 36.0 Å². The Balaban J connectivity index is 2.58. The van der Waals surface area contributed by atoms with E-state index in [9.17, 15) is 0 Å². The van der Waals surface area contributed by atoms with Gasteiger partial charge in [-0.25, -0.2) is 4.68 Å². The van der Waals surface area contributed by atoms with E-state index in [4.69, 9.17) is 11.5 Å². The lowest BCUT2D eigenvalue weighted by molar-refractivity contribution is 0.873. The first-order valence-corrected chi connectivity index (χ1v) is 4.91. The maximum absolute atomic E-state index is 5.83. The molecule has 2 rings (SSSR count). The minimum Gasteiger partial charge on any atom is -0.394 e. The third-order valence-corrected chi connectivity index (χ3v) is 2.44. The third kappa shape index (κ3) is 1.54. The summed E-state index contributed by atoms with van der Waals surface area (Å²) in [7, 11) is 0. The Labute approximate surface area is 88.5 Å². The maximum atomic E-state index is 5.83. The van der Waals surface area contributed by atoms with E-state index in [1.165, 1.54) is 5.56 Å². The summed E-state index contributed by atoms with van der Waals surface area (Å²) < 4.78 is 1.67. The molecule has 0 aliphatic rings. The van der Waals surface area contributed by atoms with Crippen molar-refractivity contribution in [2.24, 2.45) is 0 Å². The Kier molecular flexibility index (Phi) is 2.33. The Bertz CT molecular complexity index is 473. The zero-order valence-corrected chi connectivity index (χ0v) is 8.64. The smallest absolute Gasteiger partial charge is 0.150 e. The van der Waals surface area contributed by atoms with Crippen molar-refractivity contribution in [1.82, 2.24) is 9.78 Å².